The first kappa shape index (κ1) is 11.8. The summed E-state index contributed by atoms with van der Waals surface area (Å²) in [6.07, 6.45) is 3.97. The summed E-state index contributed by atoms with van der Waals surface area (Å²) >= 11 is 0. The number of primary amides is 1. The minimum absolute atomic E-state index is 0.167. The predicted molar refractivity (Wildman–Crippen MR) is 70.1 cm³/mol. The average molecular weight is 256 g/mol. The summed E-state index contributed by atoms with van der Waals surface area (Å²) in [7, 11) is 0. The molecule has 3 rings (SSSR count). The predicted octanol–water partition coefficient (Wildman–Crippen LogP) is 2.86. The topological polar surface area (TPSA) is 56.0 Å². The Morgan fingerprint density at radius 2 is 2.11 bits per heavy atom. The average Bonchev–Trinajstić information content (AvgIpc) is 3.22. The molecule has 0 atom stereocenters. The van der Waals surface area contributed by atoms with Crippen LogP contribution in [-0.4, -0.2) is 10.9 Å². The Kier molecular flexibility index (Phi) is 2.78. The maximum atomic E-state index is 14.0. The fourth-order valence-electron chi connectivity index (χ4n) is 2.24. The maximum absolute atomic E-state index is 14.0. The Bertz CT molecular complexity index is 650. The van der Waals surface area contributed by atoms with Crippen LogP contribution in [0.2, 0.25) is 0 Å². The summed E-state index contributed by atoms with van der Waals surface area (Å²) in [4.78, 5) is 15.6. The Morgan fingerprint density at radius 3 is 2.79 bits per heavy atom. The standard InChI is InChI=1S/C15H13FN2O/c16-12-3-1-2-11(15(17)19)14(12)13-8-10(6-7-18-13)9-4-5-9/h1-3,6-9H,4-5H2,(H2,17,19). The molecule has 0 unspecified atom stereocenters. The highest BCUT2D eigenvalue weighted by atomic mass is 19.1. The number of amides is 1. The van der Waals surface area contributed by atoms with Crippen LogP contribution in [-0.2, 0) is 0 Å². The van der Waals surface area contributed by atoms with Crippen molar-refractivity contribution in [3.8, 4) is 11.3 Å². The van der Waals surface area contributed by atoms with E-state index in [1.54, 1.807) is 6.20 Å². The fraction of sp³-hybridized carbons (Fsp3) is 0.200. The van der Waals surface area contributed by atoms with Crippen molar-refractivity contribution in [2.75, 3.05) is 0 Å². The van der Waals surface area contributed by atoms with Gasteiger partial charge in [0.15, 0.2) is 0 Å². The Hall–Kier alpha value is -2.23. The van der Waals surface area contributed by atoms with Crippen LogP contribution < -0.4 is 5.73 Å². The van der Waals surface area contributed by atoms with Crippen molar-refractivity contribution in [1.82, 2.24) is 4.98 Å². The normalized spacial score (nSPS) is 14.4. The minimum Gasteiger partial charge on any atom is -0.366 e. The smallest absolute Gasteiger partial charge is 0.249 e. The summed E-state index contributed by atoms with van der Waals surface area (Å²) in [5, 5.41) is 0. The second kappa shape index (κ2) is 4.46. The fourth-order valence-corrected chi connectivity index (χ4v) is 2.24. The van der Waals surface area contributed by atoms with Crippen LogP contribution in [0.1, 0.15) is 34.7 Å². The number of carbonyl (C=O) groups excluding carboxylic acids is 1. The van der Waals surface area contributed by atoms with Gasteiger partial charge in [0, 0.05) is 11.8 Å². The van der Waals surface area contributed by atoms with Crippen molar-refractivity contribution in [1.29, 1.82) is 0 Å². The molecule has 96 valence electrons. The van der Waals surface area contributed by atoms with Crippen LogP contribution >= 0.6 is 0 Å². The number of halogens is 1. The van der Waals surface area contributed by atoms with Crippen LogP contribution in [0.3, 0.4) is 0 Å². The molecule has 1 fully saturated rings. The third-order valence-electron chi connectivity index (χ3n) is 3.37. The molecule has 0 radical (unpaired) electrons. The molecule has 1 heterocycles. The zero-order valence-corrected chi connectivity index (χ0v) is 10.3. The van der Waals surface area contributed by atoms with E-state index in [2.05, 4.69) is 4.98 Å². The van der Waals surface area contributed by atoms with Crippen LogP contribution in [0.4, 0.5) is 4.39 Å². The van der Waals surface area contributed by atoms with Crippen molar-refractivity contribution in [2.24, 2.45) is 5.73 Å². The number of carbonyl (C=O) groups is 1. The maximum Gasteiger partial charge on any atom is 0.249 e. The number of rotatable bonds is 3. The van der Waals surface area contributed by atoms with Crippen molar-refractivity contribution >= 4 is 5.91 Å². The summed E-state index contributed by atoms with van der Waals surface area (Å²) in [6.45, 7) is 0. The summed E-state index contributed by atoms with van der Waals surface area (Å²) in [6, 6.07) is 8.09. The molecule has 1 aromatic carbocycles. The zero-order valence-electron chi connectivity index (χ0n) is 10.3. The van der Waals surface area contributed by atoms with E-state index >= 15 is 0 Å². The number of hydrogen-bond acceptors (Lipinski definition) is 2. The first-order valence-corrected chi connectivity index (χ1v) is 6.21. The van der Waals surface area contributed by atoms with Gasteiger partial charge in [-0.2, -0.15) is 0 Å². The van der Waals surface area contributed by atoms with Gasteiger partial charge in [-0.05, 0) is 48.6 Å². The largest absolute Gasteiger partial charge is 0.366 e. The summed E-state index contributed by atoms with van der Waals surface area (Å²) in [5.41, 5.74) is 7.27. The Morgan fingerprint density at radius 1 is 1.32 bits per heavy atom. The molecule has 2 N–H and O–H groups in total. The highest BCUT2D eigenvalue weighted by molar-refractivity contribution is 5.99. The van der Waals surface area contributed by atoms with Gasteiger partial charge in [-0.25, -0.2) is 4.39 Å². The molecule has 3 nitrogen and oxygen atoms in total. The molecule has 1 aliphatic carbocycles. The van der Waals surface area contributed by atoms with Crippen molar-refractivity contribution < 1.29 is 9.18 Å². The molecule has 2 aromatic rings. The quantitative estimate of drug-likeness (QED) is 0.918. The molecule has 0 bridgehead atoms. The van der Waals surface area contributed by atoms with Gasteiger partial charge >= 0.3 is 0 Å². The second-order valence-corrected chi connectivity index (χ2v) is 4.78. The zero-order chi connectivity index (χ0) is 13.4. The molecule has 19 heavy (non-hydrogen) atoms. The molecule has 1 amide bonds. The highest BCUT2D eigenvalue weighted by Gasteiger charge is 2.24. The molecular weight excluding hydrogens is 243 g/mol. The molecule has 1 saturated carbocycles. The van der Waals surface area contributed by atoms with Gasteiger partial charge in [-0.1, -0.05) is 6.07 Å². The molecule has 4 heteroatoms. The van der Waals surface area contributed by atoms with Gasteiger partial charge in [0.05, 0.1) is 11.3 Å². The lowest BCUT2D eigenvalue weighted by Gasteiger charge is -2.08. The van der Waals surface area contributed by atoms with E-state index in [1.165, 1.54) is 18.2 Å². The van der Waals surface area contributed by atoms with E-state index in [0.717, 1.165) is 18.4 Å². The van der Waals surface area contributed by atoms with E-state index in [9.17, 15) is 9.18 Å². The number of hydrogen-bond donors (Lipinski definition) is 1. The van der Waals surface area contributed by atoms with Crippen LogP contribution in [0.15, 0.2) is 36.5 Å². The van der Waals surface area contributed by atoms with E-state index in [-0.39, 0.29) is 11.1 Å². The van der Waals surface area contributed by atoms with Gasteiger partial charge in [-0.3, -0.25) is 9.78 Å². The van der Waals surface area contributed by atoms with E-state index < -0.39 is 11.7 Å². The van der Waals surface area contributed by atoms with Crippen molar-refractivity contribution in [3.63, 3.8) is 0 Å². The SMILES string of the molecule is NC(=O)c1cccc(F)c1-c1cc(C2CC2)ccn1. The Balaban J connectivity index is 2.15. The highest BCUT2D eigenvalue weighted by Crippen LogP contribution is 2.41. The van der Waals surface area contributed by atoms with Gasteiger partial charge in [0.1, 0.15) is 5.82 Å². The van der Waals surface area contributed by atoms with Crippen LogP contribution in [0.25, 0.3) is 11.3 Å². The monoisotopic (exact) mass is 256 g/mol. The number of aromatic nitrogens is 1. The van der Waals surface area contributed by atoms with Crippen molar-refractivity contribution in [2.45, 2.75) is 18.8 Å². The number of nitrogens with zero attached hydrogens (tertiary/aromatic N) is 1. The number of benzene rings is 1. The third kappa shape index (κ3) is 2.21. The number of nitrogens with two attached hydrogens (primary N) is 1. The summed E-state index contributed by atoms with van der Waals surface area (Å²) < 4.78 is 14.0. The van der Waals surface area contributed by atoms with E-state index in [4.69, 9.17) is 5.73 Å². The minimum atomic E-state index is -0.645. The van der Waals surface area contributed by atoms with Crippen molar-refractivity contribution in [3.05, 3.63) is 53.5 Å². The Labute approximate surface area is 110 Å². The molecule has 0 aliphatic heterocycles. The van der Waals surface area contributed by atoms with Crippen LogP contribution in [0.5, 0.6) is 0 Å². The molecule has 1 aromatic heterocycles. The van der Waals surface area contributed by atoms with E-state index in [1.807, 2.05) is 12.1 Å². The van der Waals surface area contributed by atoms with Crippen LogP contribution in [0, 0.1) is 5.82 Å². The summed E-state index contributed by atoms with van der Waals surface area (Å²) in [5.74, 6) is -0.574. The lowest BCUT2D eigenvalue weighted by molar-refractivity contribution is 0.100. The molecule has 1 aliphatic rings. The molecule has 0 saturated heterocycles. The number of pyridine rings is 1. The lowest BCUT2D eigenvalue weighted by Crippen LogP contribution is -2.13. The third-order valence-corrected chi connectivity index (χ3v) is 3.37. The van der Waals surface area contributed by atoms with Gasteiger partial charge in [-0.15, -0.1) is 0 Å². The first-order chi connectivity index (χ1) is 9.16. The van der Waals surface area contributed by atoms with Gasteiger partial charge < -0.3 is 5.73 Å². The second-order valence-electron chi connectivity index (χ2n) is 4.78. The van der Waals surface area contributed by atoms with Gasteiger partial charge in [0.25, 0.3) is 0 Å². The first-order valence-electron chi connectivity index (χ1n) is 6.21. The molecular formula is C15H13FN2O. The van der Waals surface area contributed by atoms with Gasteiger partial charge in [0.2, 0.25) is 5.91 Å². The molecule has 0 spiro atoms. The lowest BCUT2D eigenvalue weighted by atomic mass is 10.0. The van der Waals surface area contributed by atoms with E-state index in [0.29, 0.717) is 11.6 Å².